The molecule has 3 heterocycles. The number of thioether (sulfide) groups is 1. The second kappa shape index (κ2) is 8.43. The summed E-state index contributed by atoms with van der Waals surface area (Å²) in [5.74, 6) is 1.76. The third-order valence-electron chi connectivity index (χ3n) is 5.77. The van der Waals surface area contributed by atoms with Gasteiger partial charge in [-0.05, 0) is 43.4 Å². The average molecular weight is 441 g/mol. The van der Waals surface area contributed by atoms with E-state index in [1.807, 2.05) is 35.2 Å². The smallest absolute Gasteiger partial charge is 0.259 e. The zero-order valence-electron chi connectivity index (χ0n) is 16.6. The molecule has 2 N–H and O–H groups in total. The molecule has 1 unspecified atom stereocenters. The Hall–Kier alpha value is -2.32. The summed E-state index contributed by atoms with van der Waals surface area (Å²) >= 11 is 3.17. The van der Waals surface area contributed by atoms with E-state index in [1.54, 1.807) is 11.3 Å². The summed E-state index contributed by atoms with van der Waals surface area (Å²) in [6.07, 6.45) is 4.14. The Kier molecular flexibility index (Phi) is 5.52. The van der Waals surface area contributed by atoms with Gasteiger partial charge in [-0.1, -0.05) is 18.2 Å². The molecule has 30 heavy (non-hydrogen) atoms. The summed E-state index contributed by atoms with van der Waals surface area (Å²) in [7, 11) is 0. The Labute approximate surface area is 183 Å². The van der Waals surface area contributed by atoms with Crippen LogP contribution < -0.4 is 10.9 Å². The molecule has 156 valence electrons. The number of carbonyl (C=O) groups is 1. The number of carbonyl (C=O) groups excluding carboxylic acids is 1. The van der Waals surface area contributed by atoms with Gasteiger partial charge in [0.1, 0.15) is 10.7 Å². The summed E-state index contributed by atoms with van der Waals surface area (Å²) in [4.78, 5) is 36.8. The number of para-hydroxylation sites is 1. The molecule has 1 aliphatic heterocycles. The van der Waals surface area contributed by atoms with E-state index in [0.29, 0.717) is 23.4 Å². The van der Waals surface area contributed by atoms with Crippen LogP contribution in [0.1, 0.15) is 29.1 Å². The molecule has 2 aromatic heterocycles. The van der Waals surface area contributed by atoms with Gasteiger partial charge in [0, 0.05) is 29.7 Å². The van der Waals surface area contributed by atoms with Crippen LogP contribution in [0.4, 0.5) is 5.69 Å². The highest BCUT2D eigenvalue weighted by molar-refractivity contribution is 7.99. The number of nitrogens with zero attached hydrogens (tertiary/aromatic N) is 2. The predicted molar refractivity (Wildman–Crippen MR) is 123 cm³/mol. The first-order chi connectivity index (χ1) is 14.7. The highest BCUT2D eigenvalue weighted by atomic mass is 32.2. The summed E-state index contributed by atoms with van der Waals surface area (Å²) in [5, 5.41) is 4.28. The second-order valence-corrected chi connectivity index (χ2v) is 9.95. The molecule has 1 aliphatic carbocycles. The topological polar surface area (TPSA) is 78.1 Å². The van der Waals surface area contributed by atoms with Gasteiger partial charge in [-0.15, -0.1) is 23.1 Å². The maximum atomic E-state index is 12.6. The lowest BCUT2D eigenvalue weighted by Crippen LogP contribution is -2.32. The van der Waals surface area contributed by atoms with Gasteiger partial charge >= 0.3 is 0 Å². The first kappa shape index (κ1) is 19.6. The third kappa shape index (κ3) is 3.98. The standard InChI is InChI=1S/C22H24N4O2S2/c27-19(26-10-9-15(11-26)23-14-5-2-1-3-6-14)13-29-12-18-24-21(28)20-16-7-4-8-17(16)30-22(20)25-18/h1-3,5-6,15,23H,4,7-13H2,(H,24,25,28). The number of aromatic amines is 1. The van der Waals surface area contributed by atoms with Crippen LogP contribution in [-0.2, 0) is 23.4 Å². The van der Waals surface area contributed by atoms with Gasteiger partial charge in [0.2, 0.25) is 5.91 Å². The quantitative estimate of drug-likeness (QED) is 0.614. The van der Waals surface area contributed by atoms with Crippen LogP contribution in [0.25, 0.3) is 10.2 Å². The molecule has 2 aliphatic rings. The summed E-state index contributed by atoms with van der Waals surface area (Å²) in [6, 6.07) is 10.4. The molecule has 8 heteroatoms. The first-order valence-electron chi connectivity index (χ1n) is 10.4. The number of thiophene rings is 1. The lowest BCUT2D eigenvalue weighted by Gasteiger charge is -2.17. The maximum Gasteiger partial charge on any atom is 0.259 e. The fourth-order valence-electron chi connectivity index (χ4n) is 4.32. The number of H-pyrrole nitrogens is 1. The van der Waals surface area contributed by atoms with E-state index in [2.05, 4.69) is 15.3 Å². The molecule has 0 bridgehead atoms. The van der Waals surface area contributed by atoms with Crippen molar-refractivity contribution in [2.24, 2.45) is 0 Å². The molecule has 3 aromatic rings. The minimum absolute atomic E-state index is 0.0318. The Balaban J connectivity index is 1.14. The van der Waals surface area contributed by atoms with E-state index in [9.17, 15) is 9.59 Å². The highest BCUT2D eigenvalue weighted by Gasteiger charge is 2.26. The molecule has 6 nitrogen and oxygen atoms in total. The molecule has 0 radical (unpaired) electrons. The van der Waals surface area contributed by atoms with E-state index < -0.39 is 0 Å². The molecule has 1 saturated heterocycles. The van der Waals surface area contributed by atoms with Gasteiger partial charge in [-0.2, -0.15) is 0 Å². The van der Waals surface area contributed by atoms with Crippen molar-refractivity contribution in [3.05, 3.63) is 57.0 Å². The molecule has 1 aromatic carbocycles. The van der Waals surface area contributed by atoms with Crippen LogP contribution >= 0.6 is 23.1 Å². The molecule has 1 amide bonds. The Morgan fingerprint density at radius 3 is 3.03 bits per heavy atom. The average Bonchev–Trinajstić information content (AvgIpc) is 3.44. The van der Waals surface area contributed by atoms with Crippen LogP contribution in [0.15, 0.2) is 35.1 Å². The van der Waals surface area contributed by atoms with Crippen molar-refractivity contribution in [1.82, 2.24) is 14.9 Å². The number of benzene rings is 1. The first-order valence-corrected chi connectivity index (χ1v) is 12.3. The van der Waals surface area contributed by atoms with Gasteiger partial charge in [-0.25, -0.2) is 4.98 Å². The molecule has 0 saturated carbocycles. The molecule has 1 atom stereocenters. The molecule has 1 fully saturated rings. The number of nitrogens with one attached hydrogen (secondary N) is 2. The Morgan fingerprint density at radius 2 is 2.17 bits per heavy atom. The van der Waals surface area contributed by atoms with Gasteiger partial charge in [0.25, 0.3) is 5.56 Å². The number of fused-ring (bicyclic) bond motifs is 3. The fraction of sp³-hybridized carbons (Fsp3) is 0.409. The number of anilines is 1. The second-order valence-electron chi connectivity index (χ2n) is 7.88. The van der Waals surface area contributed by atoms with Crippen LogP contribution in [0, 0.1) is 0 Å². The zero-order chi connectivity index (χ0) is 20.5. The van der Waals surface area contributed by atoms with E-state index in [4.69, 9.17) is 0 Å². The summed E-state index contributed by atoms with van der Waals surface area (Å²) < 4.78 is 0. The van der Waals surface area contributed by atoms with Crippen LogP contribution in [0.2, 0.25) is 0 Å². The number of hydrogen-bond donors (Lipinski definition) is 2. The van der Waals surface area contributed by atoms with Crippen molar-refractivity contribution >= 4 is 44.9 Å². The molecule has 5 rings (SSSR count). The van der Waals surface area contributed by atoms with Crippen LogP contribution in [-0.4, -0.2) is 45.7 Å². The largest absolute Gasteiger partial charge is 0.380 e. The Bertz CT molecular complexity index is 1130. The number of amides is 1. The molecular formula is C22H24N4O2S2. The fourth-order valence-corrected chi connectivity index (χ4v) is 6.39. The number of rotatable bonds is 6. The number of aryl methyl sites for hydroxylation is 2. The molecule has 0 spiro atoms. The number of hydrogen-bond acceptors (Lipinski definition) is 6. The van der Waals surface area contributed by atoms with E-state index in [-0.39, 0.29) is 11.5 Å². The lowest BCUT2D eigenvalue weighted by atomic mass is 10.2. The van der Waals surface area contributed by atoms with Gasteiger partial charge in [0.05, 0.1) is 16.9 Å². The zero-order valence-corrected chi connectivity index (χ0v) is 18.3. The number of likely N-dealkylation sites (tertiary alicyclic amines) is 1. The van der Waals surface area contributed by atoms with E-state index in [0.717, 1.165) is 54.7 Å². The van der Waals surface area contributed by atoms with Crippen molar-refractivity contribution in [2.75, 3.05) is 24.2 Å². The Morgan fingerprint density at radius 1 is 1.30 bits per heavy atom. The highest BCUT2D eigenvalue weighted by Crippen LogP contribution is 2.34. The van der Waals surface area contributed by atoms with Crippen LogP contribution in [0.5, 0.6) is 0 Å². The normalized spacial score (nSPS) is 18.1. The van der Waals surface area contributed by atoms with Gasteiger partial charge < -0.3 is 15.2 Å². The third-order valence-corrected chi connectivity index (χ3v) is 7.89. The lowest BCUT2D eigenvalue weighted by molar-refractivity contribution is -0.127. The van der Waals surface area contributed by atoms with Crippen LogP contribution in [0.3, 0.4) is 0 Å². The van der Waals surface area contributed by atoms with Crippen molar-refractivity contribution < 1.29 is 4.79 Å². The minimum Gasteiger partial charge on any atom is -0.380 e. The summed E-state index contributed by atoms with van der Waals surface area (Å²) in [5.41, 5.74) is 2.26. The van der Waals surface area contributed by atoms with Gasteiger partial charge in [0.15, 0.2) is 0 Å². The van der Waals surface area contributed by atoms with Gasteiger partial charge in [-0.3, -0.25) is 9.59 Å². The summed E-state index contributed by atoms with van der Waals surface area (Å²) in [6.45, 7) is 1.52. The van der Waals surface area contributed by atoms with E-state index >= 15 is 0 Å². The maximum absolute atomic E-state index is 12.6. The van der Waals surface area contributed by atoms with Crippen molar-refractivity contribution in [2.45, 2.75) is 37.5 Å². The van der Waals surface area contributed by atoms with Crippen molar-refractivity contribution in [3.8, 4) is 0 Å². The SMILES string of the molecule is O=C(CSCc1nc2sc3c(c2c(=O)[nH]1)CCC3)N1CCC(Nc2ccccc2)C1. The number of aromatic nitrogens is 2. The van der Waals surface area contributed by atoms with E-state index in [1.165, 1.54) is 22.2 Å². The minimum atomic E-state index is -0.0318. The van der Waals surface area contributed by atoms with Crippen molar-refractivity contribution in [3.63, 3.8) is 0 Å². The monoisotopic (exact) mass is 440 g/mol. The molecular weight excluding hydrogens is 416 g/mol. The van der Waals surface area contributed by atoms with Crippen molar-refractivity contribution in [1.29, 1.82) is 0 Å². The predicted octanol–water partition coefficient (Wildman–Crippen LogP) is 3.42.